The van der Waals surface area contributed by atoms with E-state index < -0.39 is 5.41 Å². The molecule has 19 heavy (non-hydrogen) atoms. The van der Waals surface area contributed by atoms with Crippen molar-refractivity contribution < 1.29 is 42.6 Å². The van der Waals surface area contributed by atoms with Crippen molar-refractivity contribution in [2.24, 2.45) is 5.41 Å². The number of aliphatic hydroxyl groups is 1. The Labute approximate surface area is 141 Å². The summed E-state index contributed by atoms with van der Waals surface area (Å²) >= 11 is 0. The Balaban J connectivity index is 0.00000103. The monoisotopic (exact) mass is 336 g/mol. The first-order valence-electron chi connectivity index (χ1n) is 6.70. The van der Waals surface area contributed by atoms with Crippen LogP contribution in [0.1, 0.15) is 39.2 Å². The average Bonchev–Trinajstić information content (AvgIpc) is 2.71. The maximum atomic E-state index is 12.1. The van der Waals surface area contributed by atoms with Crippen molar-refractivity contribution in [3.05, 3.63) is 41.8 Å². The molecule has 2 nitrogen and oxygen atoms in total. The van der Waals surface area contributed by atoms with Gasteiger partial charge >= 0.3 is 0 Å². The molecule has 0 aliphatic heterocycles. The van der Waals surface area contributed by atoms with Gasteiger partial charge in [0.2, 0.25) is 0 Å². The standard InChI is InChI=1S/C14H17O2.C2H6.Y/c1-14(10-15)8-7-12(13(14)16)9-11-5-3-2-4-6-11;1-2;/h2-6,15H,7-10H2,1H3;1-2H3;/q-1;;. The number of aliphatic hydroxyl groups excluding tert-OH is 1. The number of rotatable bonds is 3. The van der Waals surface area contributed by atoms with Crippen LogP contribution in [-0.4, -0.2) is 17.5 Å². The summed E-state index contributed by atoms with van der Waals surface area (Å²) in [4.78, 5) is 12.1. The van der Waals surface area contributed by atoms with Gasteiger partial charge in [-0.05, 0) is 0 Å². The first-order valence-corrected chi connectivity index (χ1v) is 6.70. The molecular weight excluding hydrogens is 313 g/mol. The zero-order valence-corrected chi connectivity index (χ0v) is 15.0. The number of Topliss-reactive ketones (excluding diaryl/α,β-unsaturated/α-hetero) is 1. The van der Waals surface area contributed by atoms with Crippen molar-refractivity contribution in [3.63, 3.8) is 0 Å². The molecule has 0 heterocycles. The molecule has 103 valence electrons. The van der Waals surface area contributed by atoms with Crippen LogP contribution in [0, 0.1) is 11.3 Å². The number of hydrogen-bond acceptors (Lipinski definition) is 2. The fourth-order valence-corrected chi connectivity index (χ4v) is 2.24. The van der Waals surface area contributed by atoms with Crippen LogP contribution >= 0.6 is 0 Å². The zero-order valence-electron chi connectivity index (χ0n) is 12.1. The van der Waals surface area contributed by atoms with Gasteiger partial charge in [0.1, 0.15) is 0 Å². The third kappa shape index (κ3) is 4.70. The molecule has 0 spiro atoms. The number of carbonyl (C=O) groups is 1. The predicted molar refractivity (Wildman–Crippen MR) is 74.2 cm³/mol. The van der Waals surface area contributed by atoms with Crippen LogP contribution in [0.5, 0.6) is 0 Å². The number of ketones is 1. The molecule has 2 rings (SSSR count). The second-order valence-electron chi connectivity index (χ2n) is 4.81. The van der Waals surface area contributed by atoms with Crippen LogP contribution in [0.3, 0.4) is 0 Å². The Morgan fingerprint density at radius 1 is 1.26 bits per heavy atom. The van der Waals surface area contributed by atoms with Gasteiger partial charge in [0.15, 0.2) is 0 Å². The minimum Gasteiger partial charge on any atom is -0.395 e. The van der Waals surface area contributed by atoms with Gasteiger partial charge < -0.3 is 15.8 Å². The van der Waals surface area contributed by atoms with E-state index in [2.05, 4.69) is 0 Å². The molecular formula is C16H23O2Y-. The van der Waals surface area contributed by atoms with Crippen LogP contribution in [0.25, 0.3) is 0 Å². The maximum absolute atomic E-state index is 12.1. The smallest absolute Gasteiger partial charge is 0.0527 e. The van der Waals surface area contributed by atoms with Gasteiger partial charge in [-0.15, -0.1) is 6.42 Å². The van der Waals surface area contributed by atoms with E-state index in [0.29, 0.717) is 0 Å². The van der Waals surface area contributed by atoms with E-state index in [0.717, 1.165) is 25.2 Å². The van der Waals surface area contributed by atoms with Crippen LogP contribution in [0.4, 0.5) is 0 Å². The van der Waals surface area contributed by atoms with Crippen molar-refractivity contribution in [1.82, 2.24) is 0 Å². The molecule has 3 heteroatoms. The Morgan fingerprint density at radius 3 is 2.32 bits per heavy atom. The van der Waals surface area contributed by atoms with Gasteiger partial charge in [-0.3, -0.25) is 0 Å². The fraction of sp³-hybridized carbons (Fsp3) is 0.500. The summed E-state index contributed by atoms with van der Waals surface area (Å²) in [5, 5.41) is 9.25. The summed E-state index contributed by atoms with van der Waals surface area (Å²) in [5.74, 6) is 1.11. The van der Waals surface area contributed by atoms with Gasteiger partial charge in [0.25, 0.3) is 0 Å². The van der Waals surface area contributed by atoms with Crippen molar-refractivity contribution in [3.8, 4) is 0 Å². The molecule has 1 fully saturated rings. The van der Waals surface area contributed by atoms with Crippen LogP contribution in [0.2, 0.25) is 0 Å². The summed E-state index contributed by atoms with van der Waals surface area (Å²) in [5.41, 5.74) is 0.650. The van der Waals surface area contributed by atoms with Gasteiger partial charge in [0.05, 0.1) is 6.61 Å². The quantitative estimate of drug-likeness (QED) is 0.861. The SMILES string of the molecule is CC.CC1(CO)CC[C-](Cc2ccccc2)C1=O.[Y]. The Bertz CT molecular complexity index is 378. The molecule has 0 saturated heterocycles. The third-order valence-corrected chi connectivity index (χ3v) is 3.46. The van der Waals surface area contributed by atoms with Crippen LogP contribution in [-0.2, 0) is 43.9 Å². The summed E-state index contributed by atoms with van der Waals surface area (Å²) in [6.07, 6.45) is 2.34. The molecule has 1 aromatic rings. The van der Waals surface area contributed by atoms with E-state index in [4.69, 9.17) is 0 Å². The summed E-state index contributed by atoms with van der Waals surface area (Å²) < 4.78 is 0. The van der Waals surface area contributed by atoms with E-state index in [9.17, 15) is 9.90 Å². The topological polar surface area (TPSA) is 37.3 Å². The van der Waals surface area contributed by atoms with Crippen molar-refractivity contribution in [1.29, 1.82) is 0 Å². The van der Waals surface area contributed by atoms with E-state index in [1.165, 1.54) is 5.56 Å². The van der Waals surface area contributed by atoms with Crippen LogP contribution < -0.4 is 0 Å². The molecule has 1 aliphatic rings. The fourth-order valence-electron chi connectivity index (χ4n) is 2.24. The molecule has 1 aromatic carbocycles. The molecule has 0 aromatic heterocycles. The van der Waals surface area contributed by atoms with Gasteiger partial charge in [0, 0.05) is 43.9 Å². The summed E-state index contributed by atoms with van der Waals surface area (Å²) in [6.45, 7) is 5.82. The molecule has 0 amide bonds. The zero-order chi connectivity index (χ0) is 13.6. The van der Waals surface area contributed by atoms with E-state index in [1.807, 2.05) is 51.1 Å². The van der Waals surface area contributed by atoms with E-state index in [1.54, 1.807) is 0 Å². The van der Waals surface area contributed by atoms with Crippen LogP contribution in [0.15, 0.2) is 30.3 Å². The molecule has 1 aliphatic carbocycles. The second-order valence-corrected chi connectivity index (χ2v) is 4.81. The Morgan fingerprint density at radius 2 is 1.84 bits per heavy atom. The molecule has 0 bridgehead atoms. The summed E-state index contributed by atoms with van der Waals surface area (Å²) in [6, 6.07) is 10.0. The van der Waals surface area contributed by atoms with Gasteiger partial charge in [-0.2, -0.15) is 6.42 Å². The van der Waals surface area contributed by atoms with Gasteiger partial charge in [-0.1, -0.05) is 63.1 Å². The largest absolute Gasteiger partial charge is 0.395 e. The molecule has 1 unspecified atom stereocenters. The first kappa shape index (κ1) is 18.8. The van der Waals surface area contributed by atoms with Crippen molar-refractivity contribution in [2.45, 2.75) is 40.0 Å². The normalized spacial score (nSPS) is 21.5. The van der Waals surface area contributed by atoms with Crippen molar-refractivity contribution >= 4 is 5.78 Å². The number of benzene rings is 1. The molecule has 1 saturated carbocycles. The second kappa shape index (κ2) is 8.89. The average molecular weight is 336 g/mol. The number of hydrogen-bond donors (Lipinski definition) is 1. The molecule has 1 N–H and O–H groups in total. The maximum Gasteiger partial charge on any atom is 0.0527 e. The first-order chi connectivity index (χ1) is 8.65. The third-order valence-electron chi connectivity index (χ3n) is 3.46. The Kier molecular flexibility index (Phi) is 8.81. The minimum absolute atomic E-state index is 0. The van der Waals surface area contributed by atoms with E-state index in [-0.39, 0.29) is 45.1 Å². The number of carbonyl (C=O) groups excluding carboxylic acids is 1. The minimum atomic E-state index is -0.524. The predicted octanol–water partition coefficient (Wildman–Crippen LogP) is 3.19. The summed E-state index contributed by atoms with van der Waals surface area (Å²) in [7, 11) is 0. The van der Waals surface area contributed by atoms with E-state index >= 15 is 0 Å². The van der Waals surface area contributed by atoms with Gasteiger partial charge in [-0.25, -0.2) is 0 Å². The molecule has 1 atom stereocenters. The van der Waals surface area contributed by atoms with Crippen molar-refractivity contribution in [2.75, 3.05) is 6.61 Å². The Hall–Kier alpha value is -0.176. The molecule has 1 radical (unpaired) electrons.